The highest BCUT2D eigenvalue weighted by Crippen LogP contribution is 2.10. The molecule has 0 atom stereocenters. The van der Waals surface area contributed by atoms with Crippen LogP contribution in [0.15, 0.2) is 58.2 Å². The van der Waals surface area contributed by atoms with Gasteiger partial charge in [0.25, 0.3) is 0 Å². The average molecular weight is 276 g/mol. The van der Waals surface area contributed by atoms with E-state index in [0.29, 0.717) is 0 Å². The molecule has 0 aliphatic carbocycles. The fraction of sp³-hybridized carbons (Fsp3) is 0. The molecule has 4 heteroatoms. The molecule has 0 fully saturated rings. The molecule has 0 aliphatic rings. The van der Waals surface area contributed by atoms with Crippen molar-refractivity contribution in [1.82, 2.24) is 4.98 Å². The smallest absolute Gasteiger partial charge is 0.146 e. The Morgan fingerprint density at radius 2 is 1.94 bits per heavy atom. The monoisotopic (exact) mass is 275 g/mol. The number of hydrazone groups is 1. The number of benzene rings is 1. The molecule has 0 amide bonds. The summed E-state index contributed by atoms with van der Waals surface area (Å²) in [7, 11) is 0. The highest BCUT2D eigenvalue weighted by atomic mass is 79.9. The Balaban J connectivity index is 1.97. The Labute approximate surface area is 102 Å². The lowest BCUT2D eigenvalue weighted by molar-refractivity contribution is 1.22. The van der Waals surface area contributed by atoms with Crippen LogP contribution in [0.25, 0.3) is 0 Å². The first kappa shape index (κ1) is 10.8. The number of nitrogens with zero attached hydrogens (tertiary/aromatic N) is 2. The van der Waals surface area contributed by atoms with Crippen molar-refractivity contribution in [1.29, 1.82) is 0 Å². The summed E-state index contributed by atoms with van der Waals surface area (Å²) in [5.41, 5.74) is 3.91. The van der Waals surface area contributed by atoms with E-state index in [2.05, 4.69) is 31.4 Å². The molecular weight excluding hydrogens is 266 g/mol. The molecule has 0 spiro atoms. The quantitative estimate of drug-likeness (QED) is 0.690. The van der Waals surface area contributed by atoms with Crippen molar-refractivity contribution in [2.24, 2.45) is 5.10 Å². The molecule has 16 heavy (non-hydrogen) atoms. The van der Waals surface area contributed by atoms with Gasteiger partial charge in [-0.1, -0.05) is 30.3 Å². The largest absolute Gasteiger partial charge is 0.261 e. The van der Waals surface area contributed by atoms with Crippen molar-refractivity contribution in [2.45, 2.75) is 0 Å². The summed E-state index contributed by atoms with van der Waals surface area (Å²) in [6.07, 6.45) is 3.48. The average Bonchev–Trinajstić information content (AvgIpc) is 2.33. The third-order valence-corrected chi connectivity index (χ3v) is 2.39. The van der Waals surface area contributed by atoms with E-state index in [-0.39, 0.29) is 0 Å². The second-order valence-electron chi connectivity index (χ2n) is 3.14. The Bertz CT molecular complexity index is 465. The highest BCUT2D eigenvalue weighted by Gasteiger charge is 1.90. The molecule has 0 radical (unpaired) electrons. The molecular formula is C12H10BrN3. The fourth-order valence-electron chi connectivity index (χ4n) is 1.15. The van der Waals surface area contributed by atoms with E-state index < -0.39 is 0 Å². The van der Waals surface area contributed by atoms with Crippen molar-refractivity contribution in [3.63, 3.8) is 0 Å². The predicted octanol–water partition coefficient (Wildman–Crippen LogP) is 3.29. The van der Waals surface area contributed by atoms with E-state index >= 15 is 0 Å². The van der Waals surface area contributed by atoms with Crippen molar-refractivity contribution in [2.75, 3.05) is 5.43 Å². The van der Waals surface area contributed by atoms with Gasteiger partial charge in [0.05, 0.1) is 6.21 Å². The van der Waals surface area contributed by atoms with Crippen molar-refractivity contribution >= 4 is 28.0 Å². The van der Waals surface area contributed by atoms with E-state index in [1.807, 2.05) is 42.5 Å². The number of halogens is 1. The van der Waals surface area contributed by atoms with Crippen LogP contribution in [-0.2, 0) is 0 Å². The zero-order chi connectivity index (χ0) is 11.2. The Morgan fingerprint density at radius 1 is 1.12 bits per heavy atom. The number of pyridine rings is 1. The molecule has 0 saturated carbocycles. The Morgan fingerprint density at radius 3 is 2.62 bits per heavy atom. The van der Waals surface area contributed by atoms with Gasteiger partial charge >= 0.3 is 0 Å². The van der Waals surface area contributed by atoms with E-state index in [1.54, 1.807) is 12.4 Å². The molecule has 1 N–H and O–H groups in total. The minimum atomic E-state index is 0.718. The van der Waals surface area contributed by atoms with Gasteiger partial charge in [-0.2, -0.15) is 5.10 Å². The first-order valence-corrected chi connectivity index (χ1v) is 5.59. The summed E-state index contributed by atoms with van der Waals surface area (Å²) in [5.74, 6) is 0.718. The van der Waals surface area contributed by atoms with Gasteiger partial charge in [0, 0.05) is 10.7 Å². The fourth-order valence-corrected chi connectivity index (χ4v) is 1.39. The predicted molar refractivity (Wildman–Crippen MR) is 69.6 cm³/mol. The molecule has 2 aromatic rings. The molecule has 0 aliphatic heterocycles. The van der Waals surface area contributed by atoms with Crippen molar-refractivity contribution in [3.05, 3.63) is 58.7 Å². The van der Waals surface area contributed by atoms with Crippen molar-refractivity contribution in [3.8, 4) is 0 Å². The lowest BCUT2D eigenvalue weighted by Gasteiger charge is -1.98. The van der Waals surface area contributed by atoms with Crippen LogP contribution in [0.1, 0.15) is 5.56 Å². The molecule has 0 bridgehead atoms. The maximum absolute atomic E-state index is 4.14. The van der Waals surface area contributed by atoms with Gasteiger partial charge in [-0.3, -0.25) is 5.43 Å². The third-order valence-electron chi connectivity index (χ3n) is 1.92. The molecule has 0 saturated heterocycles. The lowest BCUT2D eigenvalue weighted by atomic mass is 10.2. The summed E-state index contributed by atoms with van der Waals surface area (Å²) in [5, 5.41) is 4.09. The Kier molecular flexibility index (Phi) is 3.66. The maximum atomic E-state index is 4.14. The van der Waals surface area contributed by atoms with E-state index in [1.165, 1.54) is 0 Å². The Hall–Kier alpha value is -1.68. The van der Waals surface area contributed by atoms with Crippen LogP contribution < -0.4 is 5.43 Å². The van der Waals surface area contributed by atoms with E-state index in [0.717, 1.165) is 15.9 Å². The normalized spacial score (nSPS) is 10.6. The van der Waals surface area contributed by atoms with Crippen LogP contribution in [0, 0.1) is 0 Å². The molecule has 80 valence electrons. The number of hydrogen-bond acceptors (Lipinski definition) is 3. The van der Waals surface area contributed by atoms with Crippen LogP contribution in [-0.4, -0.2) is 11.2 Å². The topological polar surface area (TPSA) is 37.3 Å². The van der Waals surface area contributed by atoms with Gasteiger partial charge in [-0.05, 0) is 33.6 Å². The van der Waals surface area contributed by atoms with Gasteiger partial charge in [0.1, 0.15) is 5.82 Å². The van der Waals surface area contributed by atoms with Crippen LogP contribution in [0.3, 0.4) is 0 Å². The SMILES string of the molecule is Brc1ccc(N/N=C/c2ccccc2)nc1. The van der Waals surface area contributed by atoms with Crippen molar-refractivity contribution < 1.29 is 0 Å². The number of anilines is 1. The highest BCUT2D eigenvalue weighted by molar-refractivity contribution is 9.10. The van der Waals surface area contributed by atoms with Crippen LogP contribution in [0.5, 0.6) is 0 Å². The van der Waals surface area contributed by atoms with Gasteiger partial charge in [-0.15, -0.1) is 0 Å². The minimum absolute atomic E-state index is 0.718. The zero-order valence-electron chi connectivity index (χ0n) is 8.47. The van der Waals surface area contributed by atoms with Gasteiger partial charge in [0.15, 0.2) is 0 Å². The van der Waals surface area contributed by atoms with Crippen LogP contribution >= 0.6 is 15.9 Å². The molecule has 3 nitrogen and oxygen atoms in total. The summed E-state index contributed by atoms with van der Waals surface area (Å²) in [6.45, 7) is 0. The van der Waals surface area contributed by atoms with Crippen LogP contribution in [0.2, 0.25) is 0 Å². The zero-order valence-corrected chi connectivity index (χ0v) is 10.1. The van der Waals surface area contributed by atoms with Gasteiger partial charge in [0.2, 0.25) is 0 Å². The number of hydrogen-bond donors (Lipinski definition) is 1. The number of nitrogens with one attached hydrogen (secondary N) is 1. The lowest BCUT2D eigenvalue weighted by Crippen LogP contribution is -1.92. The number of rotatable bonds is 3. The third kappa shape index (κ3) is 3.17. The summed E-state index contributed by atoms with van der Waals surface area (Å²) >= 11 is 3.32. The molecule has 1 aromatic carbocycles. The second kappa shape index (κ2) is 5.42. The molecule has 1 heterocycles. The number of aromatic nitrogens is 1. The van der Waals surface area contributed by atoms with E-state index in [9.17, 15) is 0 Å². The summed E-state index contributed by atoms with van der Waals surface area (Å²) in [4.78, 5) is 4.14. The second-order valence-corrected chi connectivity index (χ2v) is 4.06. The molecule has 1 aromatic heterocycles. The molecule has 0 unspecified atom stereocenters. The van der Waals surface area contributed by atoms with Gasteiger partial charge < -0.3 is 0 Å². The first-order chi connectivity index (χ1) is 7.84. The minimum Gasteiger partial charge on any atom is -0.261 e. The maximum Gasteiger partial charge on any atom is 0.146 e. The van der Waals surface area contributed by atoms with Gasteiger partial charge in [-0.25, -0.2) is 4.98 Å². The standard InChI is InChI=1S/C12H10BrN3/c13-11-6-7-12(14-9-11)16-15-8-10-4-2-1-3-5-10/h1-9H,(H,14,16)/b15-8+. The summed E-state index contributed by atoms with van der Waals surface area (Å²) in [6, 6.07) is 13.7. The van der Waals surface area contributed by atoms with Crippen LogP contribution in [0.4, 0.5) is 5.82 Å². The van der Waals surface area contributed by atoms with E-state index in [4.69, 9.17) is 0 Å². The summed E-state index contributed by atoms with van der Waals surface area (Å²) < 4.78 is 0.949. The molecule has 2 rings (SSSR count). The first-order valence-electron chi connectivity index (χ1n) is 4.80.